The second-order valence-electron chi connectivity index (χ2n) is 6.88. The Balaban J connectivity index is 2.73. The minimum absolute atomic E-state index is 0.220. The van der Waals surface area contributed by atoms with E-state index < -0.39 is 17.9 Å². The fraction of sp³-hybridized carbons (Fsp3) is 0.579. The molecule has 0 radical (unpaired) electrons. The molecule has 1 aromatic rings. The average molecular weight is 351 g/mol. The van der Waals surface area contributed by atoms with Crippen LogP contribution in [0.2, 0.25) is 0 Å². The molecule has 2 unspecified atom stereocenters. The van der Waals surface area contributed by atoms with Gasteiger partial charge in [0.2, 0.25) is 5.91 Å². The van der Waals surface area contributed by atoms with Crippen molar-refractivity contribution in [3.63, 3.8) is 0 Å². The molecule has 2 atom stereocenters. The van der Waals surface area contributed by atoms with Gasteiger partial charge < -0.3 is 19.9 Å². The molecule has 25 heavy (non-hydrogen) atoms. The highest BCUT2D eigenvalue weighted by molar-refractivity contribution is 5.88. The van der Waals surface area contributed by atoms with Gasteiger partial charge in [-0.15, -0.1) is 0 Å². The summed E-state index contributed by atoms with van der Waals surface area (Å²) in [4.78, 5) is 24.0. The van der Waals surface area contributed by atoms with Crippen LogP contribution in [0.1, 0.15) is 52.0 Å². The van der Waals surface area contributed by atoms with E-state index in [0.717, 1.165) is 5.56 Å². The SMILES string of the molecule is CCC(C(=O)NC(CCOC(C)(C)C)C(=O)O)c1ccc(OC)cc1. The molecule has 1 aromatic carbocycles. The van der Waals surface area contributed by atoms with Crippen molar-refractivity contribution in [3.05, 3.63) is 29.8 Å². The van der Waals surface area contributed by atoms with E-state index in [4.69, 9.17) is 9.47 Å². The predicted molar refractivity (Wildman–Crippen MR) is 95.9 cm³/mol. The average Bonchev–Trinajstić information content (AvgIpc) is 2.54. The van der Waals surface area contributed by atoms with Gasteiger partial charge in [-0.1, -0.05) is 19.1 Å². The standard InChI is InChI=1S/C19H29NO5/c1-6-15(13-7-9-14(24-5)10-8-13)17(21)20-16(18(22)23)11-12-25-19(2,3)4/h7-10,15-16H,6,11-12H2,1-5H3,(H,20,21)(H,22,23). The smallest absolute Gasteiger partial charge is 0.326 e. The summed E-state index contributed by atoms with van der Waals surface area (Å²) in [5.74, 6) is -1.05. The maximum atomic E-state index is 12.6. The number of nitrogens with one attached hydrogen (secondary N) is 1. The van der Waals surface area contributed by atoms with Gasteiger partial charge in [0.05, 0.1) is 18.6 Å². The van der Waals surface area contributed by atoms with Crippen LogP contribution >= 0.6 is 0 Å². The van der Waals surface area contributed by atoms with Crippen molar-refractivity contribution in [2.45, 2.75) is 58.1 Å². The first kappa shape index (κ1) is 21.0. The molecule has 0 aliphatic carbocycles. The molecule has 2 N–H and O–H groups in total. The molecular formula is C19H29NO5. The highest BCUT2D eigenvalue weighted by Gasteiger charge is 2.26. The van der Waals surface area contributed by atoms with Crippen LogP contribution in [0, 0.1) is 0 Å². The van der Waals surface area contributed by atoms with E-state index in [2.05, 4.69) is 5.32 Å². The molecule has 0 bridgehead atoms. The Labute approximate surface area is 149 Å². The third-order valence-corrected chi connectivity index (χ3v) is 3.80. The summed E-state index contributed by atoms with van der Waals surface area (Å²) in [6, 6.07) is 6.26. The largest absolute Gasteiger partial charge is 0.497 e. The van der Waals surface area contributed by atoms with Gasteiger partial charge in [0.1, 0.15) is 11.8 Å². The van der Waals surface area contributed by atoms with Crippen LogP contribution in [0.15, 0.2) is 24.3 Å². The number of rotatable bonds is 9. The Morgan fingerprint density at radius 2 is 1.80 bits per heavy atom. The number of amides is 1. The lowest BCUT2D eigenvalue weighted by Crippen LogP contribution is -2.44. The zero-order chi connectivity index (χ0) is 19.0. The van der Waals surface area contributed by atoms with Crippen LogP contribution in [-0.4, -0.2) is 42.3 Å². The minimum Gasteiger partial charge on any atom is -0.497 e. The Bertz CT molecular complexity index is 562. The first-order valence-electron chi connectivity index (χ1n) is 8.49. The van der Waals surface area contributed by atoms with Gasteiger partial charge in [-0.2, -0.15) is 0 Å². The van der Waals surface area contributed by atoms with Crippen molar-refractivity contribution in [1.29, 1.82) is 0 Å². The molecular weight excluding hydrogens is 322 g/mol. The second-order valence-corrected chi connectivity index (χ2v) is 6.88. The van der Waals surface area contributed by atoms with Gasteiger partial charge in [0.25, 0.3) is 0 Å². The van der Waals surface area contributed by atoms with Crippen LogP contribution in [0.5, 0.6) is 5.75 Å². The molecule has 1 amide bonds. The zero-order valence-corrected chi connectivity index (χ0v) is 15.7. The summed E-state index contributed by atoms with van der Waals surface area (Å²) in [6.07, 6.45) is 0.792. The number of hydrogen-bond acceptors (Lipinski definition) is 4. The Morgan fingerprint density at radius 1 is 1.20 bits per heavy atom. The van der Waals surface area contributed by atoms with Gasteiger partial charge in [-0.25, -0.2) is 4.79 Å². The number of carbonyl (C=O) groups excluding carboxylic acids is 1. The van der Waals surface area contributed by atoms with Gasteiger partial charge >= 0.3 is 5.97 Å². The van der Waals surface area contributed by atoms with E-state index in [1.54, 1.807) is 19.2 Å². The molecule has 6 heteroatoms. The minimum atomic E-state index is -1.06. The number of methoxy groups -OCH3 is 1. The molecule has 0 saturated carbocycles. The summed E-state index contributed by atoms with van der Waals surface area (Å²) in [5, 5.41) is 12.0. The van der Waals surface area contributed by atoms with Gasteiger partial charge in [-0.05, 0) is 44.9 Å². The summed E-state index contributed by atoms with van der Waals surface area (Å²) in [6.45, 7) is 7.86. The summed E-state index contributed by atoms with van der Waals surface area (Å²) in [7, 11) is 1.58. The van der Waals surface area contributed by atoms with Gasteiger partial charge in [0.15, 0.2) is 0 Å². The number of aliphatic carboxylic acids is 1. The number of carboxylic acid groups (broad SMARTS) is 1. The first-order chi connectivity index (χ1) is 11.7. The first-order valence-corrected chi connectivity index (χ1v) is 8.49. The molecule has 0 fully saturated rings. The second kappa shape index (κ2) is 9.42. The normalized spacial score (nSPS) is 13.8. The van der Waals surface area contributed by atoms with Crippen LogP contribution in [0.3, 0.4) is 0 Å². The lowest BCUT2D eigenvalue weighted by molar-refractivity contribution is -0.143. The molecule has 0 aliphatic rings. The van der Waals surface area contributed by atoms with Gasteiger partial charge in [-0.3, -0.25) is 4.79 Å². The number of carbonyl (C=O) groups is 2. The van der Waals surface area contributed by atoms with E-state index in [-0.39, 0.29) is 24.5 Å². The molecule has 0 saturated heterocycles. The Kier molecular flexibility index (Phi) is 7.90. The fourth-order valence-electron chi connectivity index (χ4n) is 2.42. The summed E-state index contributed by atoms with van der Waals surface area (Å²) >= 11 is 0. The number of ether oxygens (including phenoxy) is 2. The lowest BCUT2D eigenvalue weighted by Gasteiger charge is -2.23. The van der Waals surface area contributed by atoms with Crippen molar-refractivity contribution in [2.75, 3.05) is 13.7 Å². The van der Waals surface area contributed by atoms with Crippen molar-refractivity contribution in [1.82, 2.24) is 5.32 Å². The highest BCUT2D eigenvalue weighted by atomic mass is 16.5. The zero-order valence-electron chi connectivity index (χ0n) is 15.7. The van der Waals surface area contributed by atoms with E-state index >= 15 is 0 Å². The Hall–Kier alpha value is -2.08. The molecule has 0 aromatic heterocycles. The lowest BCUT2D eigenvalue weighted by atomic mass is 9.95. The molecule has 1 rings (SSSR count). The van der Waals surface area contributed by atoms with Crippen LogP contribution in [0.4, 0.5) is 0 Å². The summed E-state index contributed by atoms with van der Waals surface area (Å²) in [5.41, 5.74) is 0.484. The molecule has 0 heterocycles. The van der Waals surface area contributed by atoms with Crippen molar-refractivity contribution in [3.8, 4) is 5.75 Å². The van der Waals surface area contributed by atoms with Crippen molar-refractivity contribution in [2.24, 2.45) is 0 Å². The highest BCUT2D eigenvalue weighted by Crippen LogP contribution is 2.23. The quantitative estimate of drug-likeness (QED) is 0.714. The number of carboxylic acids is 1. The molecule has 0 aliphatic heterocycles. The third kappa shape index (κ3) is 7.13. The number of hydrogen-bond donors (Lipinski definition) is 2. The molecule has 6 nitrogen and oxygen atoms in total. The number of benzene rings is 1. The van der Waals surface area contributed by atoms with Crippen molar-refractivity contribution >= 4 is 11.9 Å². The van der Waals surface area contributed by atoms with Gasteiger partial charge in [0, 0.05) is 13.0 Å². The topological polar surface area (TPSA) is 84.9 Å². The maximum absolute atomic E-state index is 12.6. The Morgan fingerprint density at radius 3 is 2.24 bits per heavy atom. The van der Waals surface area contributed by atoms with Crippen LogP contribution < -0.4 is 10.1 Å². The maximum Gasteiger partial charge on any atom is 0.326 e. The van der Waals surface area contributed by atoms with E-state index in [9.17, 15) is 14.7 Å². The van der Waals surface area contributed by atoms with Crippen molar-refractivity contribution < 1.29 is 24.2 Å². The van der Waals surface area contributed by atoms with E-state index in [1.165, 1.54) is 0 Å². The predicted octanol–water partition coefficient (Wildman–Crippen LogP) is 2.96. The molecule has 0 spiro atoms. The van der Waals surface area contributed by atoms with E-state index in [0.29, 0.717) is 12.2 Å². The summed E-state index contributed by atoms with van der Waals surface area (Å²) < 4.78 is 10.7. The fourth-order valence-corrected chi connectivity index (χ4v) is 2.42. The third-order valence-electron chi connectivity index (χ3n) is 3.80. The molecule has 140 valence electrons. The van der Waals surface area contributed by atoms with Crippen LogP contribution in [0.25, 0.3) is 0 Å². The van der Waals surface area contributed by atoms with E-state index in [1.807, 2.05) is 39.8 Å². The monoisotopic (exact) mass is 351 g/mol. The van der Waals surface area contributed by atoms with Crippen LogP contribution in [-0.2, 0) is 14.3 Å².